The van der Waals surface area contributed by atoms with Crippen LogP contribution >= 0.6 is 0 Å². The highest BCUT2D eigenvalue weighted by Gasteiger charge is 2.52. The van der Waals surface area contributed by atoms with Crippen molar-refractivity contribution in [2.45, 2.75) is 283 Å². The number of esters is 1. The van der Waals surface area contributed by atoms with E-state index in [2.05, 4.69) is 19.2 Å². The summed E-state index contributed by atoms with van der Waals surface area (Å²) in [6.07, 6.45) is 24.1. The van der Waals surface area contributed by atoms with Gasteiger partial charge >= 0.3 is 18.3 Å². The third kappa shape index (κ3) is 32.8. The number of methoxy groups -OCH3 is 3. The Kier molecular flexibility index (Phi) is 37.1. The number of benzene rings is 1. The first-order valence-corrected chi connectivity index (χ1v) is 29.4. The predicted octanol–water partition coefficient (Wildman–Crippen LogP) is 14.4. The van der Waals surface area contributed by atoms with Crippen molar-refractivity contribution in [2.75, 3.05) is 34.5 Å². The Morgan fingerprint density at radius 2 is 1.12 bits per heavy atom. The third-order valence-electron chi connectivity index (χ3n) is 13.1. The van der Waals surface area contributed by atoms with Crippen LogP contribution in [-0.4, -0.2) is 119 Å². The van der Waals surface area contributed by atoms with Crippen molar-refractivity contribution < 1.29 is 71.3 Å². The molecule has 0 radical (unpaired) electrons. The number of amides is 1. The van der Waals surface area contributed by atoms with Crippen LogP contribution in [0.1, 0.15) is 233 Å². The molecule has 0 saturated carbocycles. The Labute approximate surface area is 464 Å². The molecule has 1 heterocycles. The van der Waals surface area contributed by atoms with Gasteiger partial charge in [-0.15, -0.1) is 0 Å². The van der Waals surface area contributed by atoms with E-state index in [1.165, 1.54) is 130 Å². The Bertz CT molecular complexity index is 1710. The van der Waals surface area contributed by atoms with E-state index >= 15 is 0 Å². The lowest BCUT2D eigenvalue weighted by molar-refractivity contribution is -0.362. The number of ether oxygens (including phenoxy) is 11. The number of rotatable bonds is 42. The van der Waals surface area contributed by atoms with E-state index < -0.39 is 85.4 Å². The van der Waals surface area contributed by atoms with E-state index in [0.717, 1.165) is 44.9 Å². The van der Waals surface area contributed by atoms with Crippen LogP contribution in [0.15, 0.2) is 42.5 Å². The Hall–Kier alpha value is -3.80. The highest BCUT2D eigenvalue weighted by atomic mass is 16.9. The van der Waals surface area contributed by atoms with Gasteiger partial charge in [0, 0.05) is 27.8 Å². The monoisotopic (exact) mass is 1090 g/mol. The number of nitrogens with one attached hydrogen (secondary N) is 1. The Balaban J connectivity index is 2.45. The number of carbonyl (C=O) groups excluding carboxylic acids is 4. The molecule has 77 heavy (non-hydrogen) atoms. The fourth-order valence-electron chi connectivity index (χ4n) is 9.02. The van der Waals surface area contributed by atoms with E-state index in [1.807, 2.05) is 18.2 Å². The van der Waals surface area contributed by atoms with Crippen molar-refractivity contribution >= 4 is 24.2 Å². The average molecular weight is 1090 g/mol. The number of carbonyl (C=O) groups is 4. The molecule has 16 heteroatoms. The lowest BCUT2D eigenvalue weighted by Crippen LogP contribution is -2.63. The number of hydrogen-bond donors (Lipinski definition) is 1. The second-order valence-corrected chi connectivity index (χ2v) is 22.4. The smallest absolute Gasteiger partial charge is 0.452 e. The van der Waals surface area contributed by atoms with E-state index in [0.29, 0.717) is 12.0 Å². The van der Waals surface area contributed by atoms with Gasteiger partial charge < -0.3 is 57.4 Å². The molecule has 1 saturated heterocycles. The molecule has 0 unspecified atom stereocenters. The van der Waals surface area contributed by atoms with Crippen molar-refractivity contribution in [2.24, 2.45) is 0 Å². The summed E-state index contributed by atoms with van der Waals surface area (Å²) < 4.78 is 64.9. The van der Waals surface area contributed by atoms with Gasteiger partial charge in [0.15, 0.2) is 12.4 Å². The normalized spacial score (nSPS) is 18.7. The van der Waals surface area contributed by atoms with Gasteiger partial charge in [-0.1, -0.05) is 179 Å². The van der Waals surface area contributed by atoms with Gasteiger partial charge in [0.1, 0.15) is 42.2 Å². The number of unbranched alkanes of at least 4 members (excludes halogenated alkanes) is 23. The molecule has 0 aliphatic carbocycles. The van der Waals surface area contributed by atoms with Crippen LogP contribution in [0.25, 0.3) is 0 Å². The van der Waals surface area contributed by atoms with E-state index in [-0.39, 0.29) is 18.9 Å². The zero-order valence-corrected chi connectivity index (χ0v) is 49.6. The first-order chi connectivity index (χ1) is 36.9. The van der Waals surface area contributed by atoms with Gasteiger partial charge in [0.2, 0.25) is 5.91 Å². The van der Waals surface area contributed by atoms with Crippen LogP contribution in [0, 0.1) is 0 Å². The van der Waals surface area contributed by atoms with E-state index in [4.69, 9.17) is 52.1 Å². The molecule has 1 amide bonds. The van der Waals surface area contributed by atoms with Crippen LogP contribution in [0.5, 0.6) is 0 Å². The summed E-state index contributed by atoms with van der Waals surface area (Å²) in [6, 6.07) is 7.76. The second-order valence-electron chi connectivity index (χ2n) is 22.4. The molecule has 0 aromatic heterocycles. The minimum Gasteiger partial charge on any atom is -0.452 e. The van der Waals surface area contributed by atoms with E-state index in [1.54, 1.807) is 65.8 Å². The van der Waals surface area contributed by atoms with Gasteiger partial charge in [-0.25, -0.2) is 14.4 Å². The predicted molar refractivity (Wildman–Crippen MR) is 299 cm³/mol. The minimum atomic E-state index is -1.36. The average Bonchev–Trinajstić information content (AvgIpc) is 3.38. The summed E-state index contributed by atoms with van der Waals surface area (Å²) in [7, 11) is 4.13. The fourth-order valence-corrected chi connectivity index (χ4v) is 9.02. The quantitative estimate of drug-likeness (QED) is 0.0214. The zero-order valence-electron chi connectivity index (χ0n) is 49.6. The highest BCUT2D eigenvalue weighted by Crippen LogP contribution is 2.32. The third-order valence-corrected chi connectivity index (χ3v) is 13.1. The second kappa shape index (κ2) is 41.2. The van der Waals surface area contributed by atoms with Crippen molar-refractivity contribution in [3.05, 3.63) is 48.0 Å². The van der Waals surface area contributed by atoms with Crippen molar-refractivity contribution in [1.29, 1.82) is 0 Å². The van der Waals surface area contributed by atoms with Crippen molar-refractivity contribution in [3.63, 3.8) is 0 Å². The zero-order chi connectivity index (χ0) is 56.7. The van der Waals surface area contributed by atoms with Gasteiger partial charge in [0.25, 0.3) is 6.48 Å². The fraction of sp³-hybridized carbons (Fsp3) is 0.803. The molecule has 0 spiro atoms. The van der Waals surface area contributed by atoms with Gasteiger partial charge in [0.05, 0.1) is 18.2 Å². The Morgan fingerprint density at radius 3 is 1.61 bits per heavy atom. The summed E-state index contributed by atoms with van der Waals surface area (Å²) >= 11 is 0. The summed E-state index contributed by atoms with van der Waals surface area (Å²) in [6.45, 7) is 12.6. The lowest BCUT2D eigenvalue weighted by Gasteiger charge is -2.45. The summed E-state index contributed by atoms with van der Waals surface area (Å²) in [5, 5.41) is 3.15. The van der Waals surface area contributed by atoms with E-state index in [9.17, 15) is 19.2 Å². The maximum atomic E-state index is 14.0. The number of allylic oxidation sites excluding steroid dienone is 1. The SMILES string of the molecule is CCCCCCCCCCCCCC=C[C@@H](OC(=O)c1ccccc1)[C@H](CO[C@@H]1O[C@H](COC(=O)OC(C)(C)C)[C@H](OC(=O)OC(C)(C)C)[C@H](OC(OC)OC)[C@H]1OC)NC(=O)CCCCCCCCCCCCCCC. The molecule has 1 N–H and O–H groups in total. The largest absolute Gasteiger partial charge is 0.509 e. The molecule has 1 aromatic rings. The molecule has 1 aliphatic rings. The Morgan fingerprint density at radius 1 is 0.623 bits per heavy atom. The van der Waals surface area contributed by atoms with Crippen molar-refractivity contribution in [3.8, 4) is 0 Å². The maximum absolute atomic E-state index is 14.0. The summed E-state index contributed by atoms with van der Waals surface area (Å²) in [5.74, 6) is -0.803. The molecule has 7 atom stereocenters. The van der Waals surface area contributed by atoms with Gasteiger partial charge in [-0.05, 0) is 79.0 Å². The molecular formula is C61H105NO15. The summed E-state index contributed by atoms with van der Waals surface area (Å²) in [4.78, 5) is 54.2. The first-order valence-electron chi connectivity index (χ1n) is 29.4. The van der Waals surface area contributed by atoms with Gasteiger partial charge in [-0.3, -0.25) is 4.79 Å². The molecular weight excluding hydrogens is 987 g/mol. The first kappa shape index (κ1) is 69.3. The molecule has 1 aromatic carbocycles. The minimum absolute atomic E-state index is 0.229. The number of hydrogen-bond acceptors (Lipinski definition) is 15. The lowest BCUT2D eigenvalue weighted by atomic mass is 9.98. The molecule has 0 bridgehead atoms. The van der Waals surface area contributed by atoms with Crippen LogP contribution in [0.3, 0.4) is 0 Å². The highest BCUT2D eigenvalue weighted by molar-refractivity contribution is 5.89. The summed E-state index contributed by atoms with van der Waals surface area (Å²) in [5.41, 5.74) is -1.47. The topological polar surface area (TPSA) is 182 Å². The molecule has 1 fully saturated rings. The maximum Gasteiger partial charge on any atom is 0.509 e. The van der Waals surface area contributed by atoms with Crippen molar-refractivity contribution in [1.82, 2.24) is 5.32 Å². The van der Waals surface area contributed by atoms with Crippen LogP contribution < -0.4 is 5.32 Å². The molecule has 444 valence electrons. The standard InChI is InChI=1S/C61H105NO15/c1-12-14-16-18-20-22-24-26-28-30-32-34-39-43-49(72-55(64)47-41-37-36-38-42-47)48(62-51(63)44-40-35-33-31-29-27-25-23-21-19-17-15-13-2)45-70-56-54(67-9)53(75-59(68-10)69-11)52(74-58(66)77-61(6,7)8)50(73-56)46-71-57(65)76-60(3,4)5/h36-39,41-43,48-50,52-54,56,59H,12-35,40,44-46H2,1-11H3,(H,62,63)/t48-,49+,50+,52-,53-,54+,56+/m0/s1. The molecule has 16 nitrogen and oxygen atoms in total. The van der Waals surface area contributed by atoms with Gasteiger partial charge in [-0.2, -0.15) is 0 Å². The molecule has 2 rings (SSSR count). The van der Waals surface area contributed by atoms with Crippen LogP contribution in [0.4, 0.5) is 9.59 Å². The van der Waals surface area contributed by atoms with Crippen LogP contribution in [-0.2, 0) is 56.9 Å². The molecule has 1 aliphatic heterocycles. The van der Waals surface area contributed by atoms with Crippen LogP contribution in [0.2, 0.25) is 0 Å².